The number of hydrogen-bond donors (Lipinski definition) is 1. The van der Waals surface area contributed by atoms with Crippen LogP contribution in [0.2, 0.25) is 10.0 Å². The number of nitrogens with one attached hydrogen (secondary N) is 1. The van der Waals surface area contributed by atoms with Crippen molar-refractivity contribution < 1.29 is 13.6 Å². The van der Waals surface area contributed by atoms with Crippen molar-refractivity contribution in [3.8, 4) is 11.5 Å². The third kappa shape index (κ3) is 4.93. The minimum Gasteiger partial charge on any atom is -0.414 e. The van der Waals surface area contributed by atoms with E-state index in [-0.39, 0.29) is 0 Å². The van der Waals surface area contributed by atoms with Crippen LogP contribution in [0.4, 0.5) is 5.69 Å². The van der Waals surface area contributed by atoms with Crippen LogP contribution in [0.25, 0.3) is 21.5 Å². The highest BCUT2D eigenvalue weighted by molar-refractivity contribution is 7.55. The van der Waals surface area contributed by atoms with Gasteiger partial charge in [-0.25, -0.2) is 4.57 Å². The Labute approximate surface area is 248 Å². The van der Waals surface area contributed by atoms with Crippen LogP contribution in [0.15, 0.2) is 121 Å². The minimum atomic E-state index is -4.02. The maximum atomic E-state index is 15.3. The van der Waals surface area contributed by atoms with Crippen LogP contribution < -0.4 is 14.4 Å². The molecule has 1 atom stereocenters. The number of fused-ring (bicyclic) bond motifs is 6. The highest BCUT2D eigenvalue weighted by Gasteiger charge is 2.43. The van der Waals surface area contributed by atoms with Crippen molar-refractivity contribution in [2.45, 2.75) is 12.2 Å². The molecule has 1 N–H and O–H groups in total. The fourth-order valence-corrected chi connectivity index (χ4v) is 7.67. The van der Waals surface area contributed by atoms with E-state index >= 15 is 4.57 Å². The Morgan fingerprint density at radius 2 is 1.10 bits per heavy atom. The molecule has 0 spiro atoms. The smallest absolute Gasteiger partial charge is 0.414 e. The van der Waals surface area contributed by atoms with Gasteiger partial charge >= 0.3 is 7.60 Å². The summed E-state index contributed by atoms with van der Waals surface area (Å²) in [5, 5.41) is 8.86. The second kappa shape index (κ2) is 10.5. The molecule has 4 nitrogen and oxygen atoms in total. The first-order valence-corrected chi connectivity index (χ1v) is 15.6. The molecule has 0 aromatic heterocycles. The molecule has 7 heteroatoms. The normalized spacial score (nSPS) is 14.6. The standard InChI is InChI=1S/C34H24Cl2NO3P/c35-25-13-9-24(10-14-25)34(37-27-17-15-26(36)16-18-27)41(38)39-32-19-11-22-5-1-3-7-28(22)30(32)21-31-29-8-4-2-6-23(29)12-20-33(31)40-41/h1-20,34,37H,21H2. The molecule has 1 aliphatic rings. The van der Waals surface area contributed by atoms with Gasteiger partial charge in [-0.3, -0.25) is 0 Å². The van der Waals surface area contributed by atoms with Gasteiger partial charge in [0.25, 0.3) is 0 Å². The summed E-state index contributed by atoms with van der Waals surface area (Å²) >= 11 is 12.4. The lowest BCUT2D eigenvalue weighted by Gasteiger charge is -2.32. The number of benzene rings is 6. The van der Waals surface area contributed by atoms with Crippen LogP contribution in [0.3, 0.4) is 0 Å². The van der Waals surface area contributed by atoms with Crippen LogP contribution in [-0.4, -0.2) is 0 Å². The molecule has 1 heterocycles. The zero-order valence-electron chi connectivity index (χ0n) is 21.8. The quantitative estimate of drug-likeness (QED) is 0.206. The van der Waals surface area contributed by atoms with Gasteiger partial charge in [-0.15, -0.1) is 0 Å². The van der Waals surface area contributed by atoms with E-state index in [4.69, 9.17) is 32.2 Å². The second-order valence-corrected chi connectivity index (χ2v) is 12.9. The lowest BCUT2D eigenvalue weighted by Crippen LogP contribution is -2.20. The average molecular weight is 596 g/mol. The third-order valence-corrected chi connectivity index (χ3v) is 9.92. The lowest BCUT2D eigenvalue weighted by molar-refractivity contribution is 0.371. The number of hydrogen-bond acceptors (Lipinski definition) is 4. The molecule has 202 valence electrons. The van der Waals surface area contributed by atoms with Crippen molar-refractivity contribution in [2.75, 3.05) is 5.32 Å². The fraction of sp³-hybridized carbons (Fsp3) is 0.0588. The first-order valence-electron chi connectivity index (χ1n) is 13.2. The van der Waals surface area contributed by atoms with Gasteiger partial charge in [0.2, 0.25) is 0 Å². The van der Waals surface area contributed by atoms with E-state index in [0.29, 0.717) is 33.5 Å². The van der Waals surface area contributed by atoms with Crippen LogP contribution in [0.5, 0.6) is 11.5 Å². The summed E-state index contributed by atoms with van der Waals surface area (Å²) in [6.07, 6.45) is 0.559. The molecule has 0 saturated heterocycles. The van der Waals surface area contributed by atoms with E-state index in [0.717, 1.165) is 38.4 Å². The summed E-state index contributed by atoms with van der Waals surface area (Å²) in [7, 11) is -4.02. The minimum absolute atomic E-state index is 0.530. The summed E-state index contributed by atoms with van der Waals surface area (Å²) in [6.45, 7) is 0. The zero-order chi connectivity index (χ0) is 28.0. The predicted octanol–water partition coefficient (Wildman–Crippen LogP) is 10.7. The van der Waals surface area contributed by atoms with Gasteiger partial charge in [-0.2, -0.15) is 0 Å². The Hall–Kier alpha value is -3.95. The summed E-state index contributed by atoms with van der Waals surface area (Å²) in [5.74, 6) is 0.197. The number of halogens is 2. The number of rotatable bonds is 4. The van der Waals surface area contributed by atoms with E-state index < -0.39 is 13.4 Å². The molecule has 0 radical (unpaired) electrons. The van der Waals surface area contributed by atoms with Crippen molar-refractivity contribution in [1.29, 1.82) is 0 Å². The van der Waals surface area contributed by atoms with E-state index in [2.05, 4.69) is 29.6 Å². The molecule has 6 aromatic carbocycles. The Morgan fingerprint density at radius 3 is 1.63 bits per heavy atom. The van der Waals surface area contributed by atoms with Gasteiger partial charge in [0.05, 0.1) is 0 Å². The second-order valence-electron chi connectivity index (χ2n) is 10.0. The Morgan fingerprint density at radius 1 is 0.610 bits per heavy atom. The van der Waals surface area contributed by atoms with Gasteiger partial charge in [0, 0.05) is 33.3 Å². The van der Waals surface area contributed by atoms with Gasteiger partial charge < -0.3 is 14.4 Å². The van der Waals surface area contributed by atoms with Crippen molar-refractivity contribution in [2.24, 2.45) is 0 Å². The van der Waals surface area contributed by atoms with Crippen molar-refractivity contribution >= 4 is 58.0 Å². The summed E-state index contributed by atoms with van der Waals surface area (Å²) in [5.41, 5.74) is 3.35. The Kier molecular flexibility index (Phi) is 6.63. The molecule has 7 rings (SSSR count). The Bertz CT molecular complexity index is 1870. The van der Waals surface area contributed by atoms with E-state index in [1.54, 1.807) is 24.3 Å². The SMILES string of the molecule is O=P1(C(Nc2ccc(Cl)cc2)c2ccc(Cl)cc2)Oc2ccc3ccccc3c2Cc2c(ccc3ccccc23)O1. The third-order valence-electron chi connectivity index (χ3n) is 7.45. The molecule has 1 unspecified atom stereocenters. The summed E-state index contributed by atoms with van der Waals surface area (Å²) < 4.78 is 28.4. The van der Waals surface area contributed by atoms with E-state index in [1.807, 2.05) is 72.8 Å². The van der Waals surface area contributed by atoms with Gasteiger partial charge in [-0.1, -0.05) is 96.0 Å². The van der Waals surface area contributed by atoms with E-state index in [9.17, 15) is 0 Å². The first kappa shape index (κ1) is 26.0. The highest BCUT2D eigenvalue weighted by Crippen LogP contribution is 2.62. The zero-order valence-corrected chi connectivity index (χ0v) is 24.2. The van der Waals surface area contributed by atoms with Gasteiger partial charge in [0.1, 0.15) is 11.5 Å². The summed E-state index contributed by atoms with van der Waals surface area (Å²) in [6, 6.07) is 38.6. The molecule has 0 saturated carbocycles. The first-order chi connectivity index (χ1) is 20.0. The van der Waals surface area contributed by atoms with Crippen LogP contribution in [0, 0.1) is 0 Å². The van der Waals surface area contributed by atoms with Crippen LogP contribution >= 0.6 is 30.8 Å². The van der Waals surface area contributed by atoms with Gasteiger partial charge in [0.15, 0.2) is 5.78 Å². The van der Waals surface area contributed by atoms with Crippen LogP contribution in [0.1, 0.15) is 22.5 Å². The molecule has 1 aliphatic heterocycles. The van der Waals surface area contributed by atoms with Gasteiger partial charge in [-0.05, 0) is 75.6 Å². The Balaban J connectivity index is 1.47. The lowest BCUT2D eigenvalue weighted by atomic mass is 9.93. The van der Waals surface area contributed by atoms with Crippen molar-refractivity contribution in [3.63, 3.8) is 0 Å². The average Bonchev–Trinajstić information content (AvgIpc) is 2.98. The molecule has 0 amide bonds. The number of anilines is 1. The van der Waals surface area contributed by atoms with Crippen LogP contribution in [-0.2, 0) is 11.0 Å². The maximum Gasteiger partial charge on any atom is 0.457 e. The molecule has 0 aliphatic carbocycles. The monoisotopic (exact) mass is 595 g/mol. The molecule has 0 bridgehead atoms. The van der Waals surface area contributed by atoms with Crippen molar-refractivity contribution in [3.05, 3.63) is 148 Å². The maximum absolute atomic E-state index is 15.3. The highest BCUT2D eigenvalue weighted by atomic mass is 35.5. The predicted molar refractivity (Wildman–Crippen MR) is 169 cm³/mol. The molecule has 41 heavy (non-hydrogen) atoms. The molecule has 0 fully saturated rings. The molecular weight excluding hydrogens is 572 g/mol. The fourth-order valence-electron chi connectivity index (χ4n) is 5.44. The van der Waals surface area contributed by atoms with E-state index in [1.165, 1.54) is 0 Å². The summed E-state index contributed by atoms with van der Waals surface area (Å²) in [4.78, 5) is 0. The topological polar surface area (TPSA) is 47.6 Å². The van der Waals surface area contributed by atoms with Crippen molar-refractivity contribution in [1.82, 2.24) is 0 Å². The molecular formula is C34H24Cl2NO3P. The largest absolute Gasteiger partial charge is 0.457 e. The molecule has 6 aromatic rings.